The van der Waals surface area contributed by atoms with Crippen molar-refractivity contribution >= 4 is 0 Å². The molecule has 1 heterocycles. The molecule has 4 heteroatoms. The number of aliphatic hydroxyl groups excluding tert-OH is 1. The third-order valence-electron chi connectivity index (χ3n) is 3.55. The van der Waals surface area contributed by atoms with Crippen LogP contribution in [0.15, 0.2) is 18.3 Å². The van der Waals surface area contributed by atoms with Crippen LogP contribution in [0.25, 0.3) is 0 Å². The highest BCUT2D eigenvalue weighted by atomic mass is 16.5. The Balaban J connectivity index is 2.53. The number of aromatic nitrogens is 1. The molecule has 1 N–H and O–H groups in total. The van der Waals surface area contributed by atoms with Crippen molar-refractivity contribution in [2.45, 2.75) is 52.9 Å². The molecule has 0 aliphatic rings. The first-order chi connectivity index (χ1) is 9.88. The molecule has 0 aliphatic carbocycles. The van der Waals surface area contributed by atoms with E-state index in [0.717, 1.165) is 19.5 Å². The zero-order valence-corrected chi connectivity index (χ0v) is 14.2. The van der Waals surface area contributed by atoms with Gasteiger partial charge in [0.1, 0.15) is 0 Å². The topological polar surface area (TPSA) is 37.6 Å². The summed E-state index contributed by atoms with van der Waals surface area (Å²) < 4.78 is 7.65. The van der Waals surface area contributed by atoms with Crippen molar-refractivity contribution in [1.82, 2.24) is 9.47 Å². The summed E-state index contributed by atoms with van der Waals surface area (Å²) in [5.41, 5.74) is 1.27. The predicted octanol–water partition coefficient (Wildman–Crippen LogP) is 2.66. The average Bonchev–Trinajstić information content (AvgIpc) is 2.79. The molecule has 0 saturated carbocycles. The van der Waals surface area contributed by atoms with E-state index >= 15 is 0 Å². The van der Waals surface area contributed by atoms with Crippen molar-refractivity contribution in [2.75, 3.05) is 19.7 Å². The highest BCUT2D eigenvalue weighted by Crippen LogP contribution is 2.09. The largest absolute Gasteiger partial charge is 0.389 e. The summed E-state index contributed by atoms with van der Waals surface area (Å²) in [4.78, 5) is 2.32. The van der Waals surface area contributed by atoms with Gasteiger partial charge in [-0.15, -0.1) is 0 Å². The molecule has 1 rings (SSSR count). The number of nitrogens with zero attached hydrogens (tertiary/aromatic N) is 2. The van der Waals surface area contributed by atoms with Crippen molar-refractivity contribution in [2.24, 2.45) is 13.0 Å². The van der Waals surface area contributed by atoms with E-state index in [2.05, 4.69) is 48.7 Å². The van der Waals surface area contributed by atoms with E-state index in [1.807, 2.05) is 13.8 Å². The van der Waals surface area contributed by atoms with Gasteiger partial charge in [0, 0.05) is 32.0 Å². The van der Waals surface area contributed by atoms with E-state index in [1.165, 1.54) is 5.69 Å². The molecule has 0 fully saturated rings. The van der Waals surface area contributed by atoms with Crippen LogP contribution in [0.3, 0.4) is 0 Å². The molecular formula is C17H32N2O2. The van der Waals surface area contributed by atoms with Crippen molar-refractivity contribution < 1.29 is 9.84 Å². The molecule has 122 valence electrons. The average molecular weight is 296 g/mol. The third kappa shape index (κ3) is 7.65. The fourth-order valence-electron chi connectivity index (χ4n) is 2.22. The predicted molar refractivity (Wildman–Crippen MR) is 87.2 cm³/mol. The van der Waals surface area contributed by atoms with Crippen LogP contribution in [-0.4, -0.2) is 46.5 Å². The fraction of sp³-hybridized carbons (Fsp3) is 0.765. The minimum atomic E-state index is -0.431. The third-order valence-corrected chi connectivity index (χ3v) is 3.55. The van der Waals surface area contributed by atoms with Crippen LogP contribution in [0.4, 0.5) is 0 Å². The maximum absolute atomic E-state index is 10.2. The second-order valence-electron chi connectivity index (χ2n) is 6.56. The number of hydrogen-bond donors (Lipinski definition) is 1. The molecule has 0 saturated heterocycles. The van der Waals surface area contributed by atoms with Crippen molar-refractivity contribution in [1.29, 1.82) is 0 Å². The lowest BCUT2D eigenvalue weighted by atomic mass is 10.1. The van der Waals surface area contributed by atoms with E-state index < -0.39 is 6.10 Å². The van der Waals surface area contributed by atoms with Crippen LogP contribution in [0.5, 0.6) is 0 Å². The van der Waals surface area contributed by atoms with Crippen LogP contribution in [0, 0.1) is 5.92 Å². The van der Waals surface area contributed by atoms with Gasteiger partial charge in [0.25, 0.3) is 0 Å². The minimum Gasteiger partial charge on any atom is -0.389 e. The van der Waals surface area contributed by atoms with Gasteiger partial charge in [-0.2, -0.15) is 0 Å². The molecule has 1 atom stereocenters. The Hall–Kier alpha value is -0.840. The van der Waals surface area contributed by atoms with Crippen LogP contribution >= 0.6 is 0 Å². The highest BCUT2D eigenvalue weighted by Gasteiger charge is 2.14. The lowest BCUT2D eigenvalue weighted by Crippen LogP contribution is -2.36. The Morgan fingerprint density at radius 1 is 1.29 bits per heavy atom. The summed E-state index contributed by atoms with van der Waals surface area (Å²) in [6.45, 7) is 11.4. The van der Waals surface area contributed by atoms with E-state index in [1.54, 1.807) is 0 Å². The number of ether oxygens (including phenoxy) is 1. The number of aliphatic hydroxyl groups is 1. The second kappa shape index (κ2) is 9.23. The van der Waals surface area contributed by atoms with Gasteiger partial charge in [0.15, 0.2) is 0 Å². The number of aryl methyl sites for hydroxylation is 1. The molecule has 4 nitrogen and oxygen atoms in total. The Morgan fingerprint density at radius 3 is 2.52 bits per heavy atom. The van der Waals surface area contributed by atoms with Crippen molar-refractivity contribution in [3.63, 3.8) is 0 Å². The maximum atomic E-state index is 10.2. The summed E-state index contributed by atoms with van der Waals surface area (Å²) in [6.07, 6.45) is 2.94. The Bertz CT molecular complexity index is 388. The van der Waals surface area contributed by atoms with Gasteiger partial charge in [-0.3, -0.25) is 4.90 Å². The summed E-state index contributed by atoms with van der Waals surface area (Å²) in [5, 5.41) is 10.2. The standard InChI is InChI=1S/C17H32N2O2/c1-14(2)8-10-19(11-16-7-6-9-18(16)5)12-17(20)13-21-15(3)4/h6-7,9,14-15,17,20H,8,10-13H2,1-5H3/t17-/m0/s1. The monoisotopic (exact) mass is 296 g/mol. The van der Waals surface area contributed by atoms with E-state index in [-0.39, 0.29) is 6.10 Å². The van der Waals surface area contributed by atoms with E-state index in [9.17, 15) is 5.11 Å². The molecular weight excluding hydrogens is 264 g/mol. The highest BCUT2D eigenvalue weighted by molar-refractivity contribution is 5.06. The SMILES string of the molecule is CC(C)CCN(Cc1cccn1C)C[C@H](O)COC(C)C. The first-order valence-corrected chi connectivity index (χ1v) is 8.00. The van der Waals surface area contributed by atoms with Crippen LogP contribution in [0.2, 0.25) is 0 Å². The molecule has 1 aromatic rings. The summed E-state index contributed by atoms with van der Waals surface area (Å²) in [5.74, 6) is 0.671. The van der Waals surface area contributed by atoms with Crippen molar-refractivity contribution in [3.05, 3.63) is 24.0 Å². The fourth-order valence-corrected chi connectivity index (χ4v) is 2.22. The van der Waals surface area contributed by atoms with Crippen LogP contribution < -0.4 is 0 Å². The maximum Gasteiger partial charge on any atom is 0.0900 e. The summed E-state index contributed by atoms with van der Waals surface area (Å²) in [6, 6.07) is 4.20. The van der Waals surface area contributed by atoms with Gasteiger partial charge in [-0.25, -0.2) is 0 Å². The molecule has 0 radical (unpaired) electrons. The zero-order valence-electron chi connectivity index (χ0n) is 14.2. The normalized spacial score (nSPS) is 13.6. The Morgan fingerprint density at radius 2 is 2.00 bits per heavy atom. The lowest BCUT2D eigenvalue weighted by molar-refractivity contribution is -0.0102. The molecule has 0 aliphatic heterocycles. The van der Waals surface area contributed by atoms with E-state index in [0.29, 0.717) is 19.1 Å². The van der Waals surface area contributed by atoms with Gasteiger partial charge in [0.05, 0.1) is 18.8 Å². The molecule has 0 unspecified atom stereocenters. The molecule has 0 amide bonds. The lowest BCUT2D eigenvalue weighted by Gasteiger charge is -2.26. The van der Waals surface area contributed by atoms with Crippen LogP contribution in [-0.2, 0) is 18.3 Å². The Kier molecular flexibility index (Phi) is 8.01. The van der Waals surface area contributed by atoms with Gasteiger partial charge < -0.3 is 14.4 Å². The first kappa shape index (κ1) is 18.2. The smallest absolute Gasteiger partial charge is 0.0900 e. The zero-order chi connectivity index (χ0) is 15.8. The van der Waals surface area contributed by atoms with Gasteiger partial charge >= 0.3 is 0 Å². The summed E-state index contributed by atoms with van der Waals surface area (Å²) in [7, 11) is 2.06. The van der Waals surface area contributed by atoms with Crippen LogP contribution in [0.1, 0.15) is 39.8 Å². The molecule has 0 bridgehead atoms. The number of hydrogen-bond acceptors (Lipinski definition) is 3. The van der Waals surface area contributed by atoms with Gasteiger partial charge in [-0.1, -0.05) is 13.8 Å². The molecule has 21 heavy (non-hydrogen) atoms. The van der Waals surface area contributed by atoms with Crippen molar-refractivity contribution in [3.8, 4) is 0 Å². The molecule has 0 aromatic carbocycles. The second-order valence-corrected chi connectivity index (χ2v) is 6.56. The van der Waals surface area contributed by atoms with Gasteiger partial charge in [-0.05, 0) is 44.9 Å². The van der Waals surface area contributed by atoms with E-state index in [4.69, 9.17) is 4.74 Å². The molecule has 0 spiro atoms. The molecule has 1 aromatic heterocycles. The number of rotatable bonds is 10. The first-order valence-electron chi connectivity index (χ1n) is 8.00. The Labute approximate surface area is 129 Å². The quantitative estimate of drug-likeness (QED) is 0.721. The summed E-state index contributed by atoms with van der Waals surface area (Å²) >= 11 is 0. The minimum absolute atomic E-state index is 0.164. The van der Waals surface area contributed by atoms with Gasteiger partial charge in [0.2, 0.25) is 0 Å².